The molecule has 0 saturated heterocycles. The van der Waals surface area contributed by atoms with Crippen molar-refractivity contribution in [1.29, 1.82) is 0 Å². The lowest BCUT2D eigenvalue weighted by Gasteiger charge is -2.29. The van der Waals surface area contributed by atoms with Gasteiger partial charge in [-0.15, -0.1) is 0 Å². The number of benzene rings is 3. The van der Waals surface area contributed by atoms with E-state index in [0.717, 1.165) is 23.1 Å². The van der Waals surface area contributed by atoms with Gasteiger partial charge in [0.2, 0.25) is 0 Å². The van der Waals surface area contributed by atoms with Gasteiger partial charge in [0, 0.05) is 5.92 Å². The summed E-state index contributed by atoms with van der Waals surface area (Å²) in [7, 11) is 0. The van der Waals surface area contributed by atoms with Gasteiger partial charge in [-0.3, -0.25) is 0 Å². The number of hydrogen-bond donors (Lipinski definition) is 2. The van der Waals surface area contributed by atoms with Crippen molar-refractivity contribution >= 4 is 17.5 Å². The molecule has 2 atom stereocenters. The first-order valence-corrected chi connectivity index (χ1v) is 10.2. The molecule has 3 rings (SSSR count). The average molecular weight is 397 g/mol. The summed E-state index contributed by atoms with van der Waals surface area (Å²) in [5.74, 6) is 0.583. The predicted molar refractivity (Wildman–Crippen MR) is 127 cm³/mol. The van der Waals surface area contributed by atoms with E-state index in [2.05, 4.69) is 91.5 Å². The number of nitrogens with zero attached hydrogens (tertiary/aromatic N) is 1. The number of oxime groups is 1. The summed E-state index contributed by atoms with van der Waals surface area (Å²) in [5.41, 5.74) is 11.3. The van der Waals surface area contributed by atoms with Crippen molar-refractivity contribution < 1.29 is 5.21 Å². The van der Waals surface area contributed by atoms with Crippen LogP contribution in [0.5, 0.6) is 0 Å². The molecule has 3 aromatic carbocycles. The topological polar surface area (TPSA) is 58.6 Å². The highest BCUT2D eigenvalue weighted by atomic mass is 16.4. The van der Waals surface area contributed by atoms with Crippen LogP contribution in [0.3, 0.4) is 0 Å². The Kier molecular flexibility index (Phi) is 7.23. The van der Waals surface area contributed by atoms with Crippen LogP contribution in [0.2, 0.25) is 0 Å². The maximum atomic E-state index is 8.67. The zero-order valence-electron chi connectivity index (χ0n) is 17.3. The molecule has 0 saturated carbocycles. The number of rotatable bonds is 8. The fourth-order valence-corrected chi connectivity index (χ4v) is 3.90. The number of allylic oxidation sites excluding steroid dienone is 1. The highest BCUT2D eigenvalue weighted by molar-refractivity contribution is 5.94. The molecule has 0 aliphatic carbocycles. The Labute approximate surface area is 178 Å². The van der Waals surface area contributed by atoms with Crippen molar-refractivity contribution in [2.24, 2.45) is 10.9 Å². The summed E-state index contributed by atoms with van der Waals surface area (Å²) in [6, 6.07) is 29.5. The normalized spacial score (nSPS) is 13.8. The molecule has 0 aromatic heterocycles. The van der Waals surface area contributed by atoms with E-state index < -0.39 is 0 Å². The number of amidine groups is 1. The van der Waals surface area contributed by atoms with Crippen molar-refractivity contribution in [1.82, 2.24) is 0 Å². The molecule has 0 amide bonds. The summed E-state index contributed by atoms with van der Waals surface area (Å²) in [4.78, 5) is 0. The van der Waals surface area contributed by atoms with Gasteiger partial charge in [0.25, 0.3) is 0 Å². The van der Waals surface area contributed by atoms with Crippen LogP contribution < -0.4 is 5.73 Å². The Bertz CT molecular complexity index is 1010. The Morgan fingerprint density at radius 3 is 2.03 bits per heavy atom. The van der Waals surface area contributed by atoms with Crippen LogP contribution in [0.1, 0.15) is 47.4 Å². The highest BCUT2D eigenvalue weighted by Crippen LogP contribution is 2.43. The van der Waals surface area contributed by atoms with Crippen LogP contribution in [0.15, 0.2) is 103 Å². The van der Waals surface area contributed by atoms with Crippen LogP contribution in [0.25, 0.3) is 11.6 Å². The second kappa shape index (κ2) is 10.3. The summed E-state index contributed by atoms with van der Waals surface area (Å²) in [5, 5.41) is 11.6. The van der Waals surface area contributed by atoms with Gasteiger partial charge in [-0.2, -0.15) is 0 Å². The van der Waals surface area contributed by atoms with Gasteiger partial charge in [0.15, 0.2) is 5.84 Å². The molecular formula is C27H28N2O. The Morgan fingerprint density at radius 1 is 0.933 bits per heavy atom. The quantitative estimate of drug-likeness (QED) is 0.199. The maximum absolute atomic E-state index is 8.67. The number of nitrogens with two attached hydrogens (primary N) is 1. The van der Waals surface area contributed by atoms with Crippen LogP contribution >= 0.6 is 0 Å². The van der Waals surface area contributed by atoms with Gasteiger partial charge >= 0.3 is 0 Å². The van der Waals surface area contributed by atoms with Gasteiger partial charge in [0.1, 0.15) is 0 Å². The maximum Gasteiger partial charge on any atom is 0.162 e. The van der Waals surface area contributed by atoms with E-state index in [4.69, 9.17) is 10.9 Å². The van der Waals surface area contributed by atoms with Gasteiger partial charge in [-0.25, -0.2) is 0 Å². The third-order valence-electron chi connectivity index (χ3n) is 5.45. The van der Waals surface area contributed by atoms with Gasteiger partial charge < -0.3 is 10.9 Å². The summed E-state index contributed by atoms with van der Waals surface area (Å²) in [6.45, 7) is 6.76. The van der Waals surface area contributed by atoms with Crippen molar-refractivity contribution in [3.8, 4) is 0 Å². The fourth-order valence-electron chi connectivity index (χ4n) is 3.90. The van der Waals surface area contributed by atoms with Crippen LogP contribution in [0.4, 0.5) is 0 Å². The highest BCUT2D eigenvalue weighted by Gasteiger charge is 2.26. The zero-order valence-corrected chi connectivity index (χ0v) is 17.3. The minimum Gasteiger partial charge on any atom is -0.409 e. The zero-order chi connectivity index (χ0) is 21.3. The molecule has 3 aromatic rings. The summed E-state index contributed by atoms with van der Waals surface area (Å²) in [6.07, 6.45) is 4.40. The van der Waals surface area contributed by atoms with E-state index >= 15 is 0 Å². The molecule has 0 fully saturated rings. The number of hydrogen-bond acceptors (Lipinski definition) is 2. The van der Waals surface area contributed by atoms with E-state index in [9.17, 15) is 0 Å². The van der Waals surface area contributed by atoms with E-state index in [1.54, 1.807) is 6.08 Å². The minimum absolute atomic E-state index is 0.0706. The summed E-state index contributed by atoms with van der Waals surface area (Å²) >= 11 is 0. The van der Waals surface area contributed by atoms with Crippen LogP contribution in [0, 0.1) is 0 Å². The third kappa shape index (κ3) is 5.06. The van der Waals surface area contributed by atoms with Crippen molar-refractivity contribution in [2.75, 3.05) is 0 Å². The molecule has 0 radical (unpaired) electrons. The molecule has 152 valence electrons. The van der Waals surface area contributed by atoms with Gasteiger partial charge in [0.05, 0.1) is 0 Å². The van der Waals surface area contributed by atoms with Crippen molar-refractivity contribution in [3.05, 3.63) is 120 Å². The third-order valence-corrected chi connectivity index (χ3v) is 5.45. The van der Waals surface area contributed by atoms with Crippen LogP contribution in [-0.2, 0) is 0 Å². The molecule has 0 heterocycles. The minimum atomic E-state index is 0.0706. The van der Waals surface area contributed by atoms with E-state index in [-0.39, 0.29) is 11.8 Å². The van der Waals surface area contributed by atoms with E-state index in [1.165, 1.54) is 11.1 Å². The smallest absolute Gasteiger partial charge is 0.162 e. The molecule has 0 spiro atoms. The molecular weight excluding hydrogens is 368 g/mol. The standard InChI is InChI=1S/C27H28N2O/c1-3-25(23-10-6-4-7-11-23)27(24-12-8-5-9-13-24)20(2)22-17-14-21(15-18-22)16-19-26(28)29-30/h4-19,25,27,30H,2-3H2,1H3,(H2,28,29). The molecule has 3 nitrogen and oxygen atoms in total. The van der Waals surface area contributed by atoms with Crippen molar-refractivity contribution in [2.45, 2.75) is 25.2 Å². The molecule has 0 aliphatic heterocycles. The SMILES string of the molecule is C=C(c1ccc(C=CC(N)=NO)cc1)C(c1ccccc1)C(CC)c1ccccc1. The lowest BCUT2D eigenvalue weighted by atomic mass is 9.74. The first-order valence-electron chi connectivity index (χ1n) is 10.2. The lowest BCUT2D eigenvalue weighted by molar-refractivity contribution is 0.319. The monoisotopic (exact) mass is 396 g/mol. The Hall–Kier alpha value is -3.59. The van der Waals surface area contributed by atoms with Gasteiger partial charge in [-0.1, -0.05) is 110 Å². The Morgan fingerprint density at radius 2 is 1.50 bits per heavy atom. The lowest BCUT2D eigenvalue weighted by Crippen LogP contribution is -2.12. The average Bonchev–Trinajstić information content (AvgIpc) is 2.82. The largest absolute Gasteiger partial charge is 0.409 e. The summed E-state index contributed by atoms with van der Waals surface area (Å²) < 4.78 is 0. The first-order chi connectivity index (χ1) is 14.6. The van der Waals surface area contributed by atoms with Crippen LogP contribution in [-0.4, -0.2) is 11.0 Å². The fraction of sp³-hybridized carbons (Fsp3) is 0.148. The molecule has 0 bridgehead atoms. The first kappa shape index (κ1) is 21.1. The second-order valence-corrected chi connectivity index (χ2v) is 7.32. The predicted octanol–water partition coefficient (Wildman–Crippen LogP) is 6.44. The molecule has 0 aliphatic rings. The second-order valence-electron chi connectivity index (χ2n) is 7.32. The van der Waals surface area contributed by atoms with Gasteiger partial charge in [-0.05, 0) is 46.2 Å². The molecule has 3 heteroatoms. The Balaban J connectivity index is 1.96. The van der Waals surface area contributed by atoms with E-state index in [0.29, 0.717) is 5.92 Å². The molecule has 3 N–H and O–H groups in total. The molecule has 30 heavy (non-hydrogen) atoms. The van der Waals surface area contributed by atoms with Crippen molar-refractivity contribution in [3.63, 3.8) is 0 Å². The molecule has 2 unspecified atom stereocenters. The van der Waals surface area contributed by atoms with E-state index in [1.807, 2.05) is 18.2 Å².